The number of rotatable bonds is 5. The van der Waals surface area contributed by atoms with Crippen LogP contribution in [0.15, 0.2) is 46.1 Å². The predicted octanol–water partition coefficient (Wildman–Crippen LogP) is 2.15. The number of aliphatic imine (C=N–C) groups is 1. The van der Waals surface area contributed by atoms with Crippen molar-refractivity contribution in [3.8, 4) is 0 Å². The van der Waals surface area contributed by atoms with Crippen LogP contribution in [0.4, 0.5) is 10.2 Å². The number of guanidine groups is 1. The summed E-state index contributed by atoms with van der Waals surface area (Å²) in [4.78, 5) is 10.6. The maximum absolute atomic E-state index is 13.9. The number of halogens is 1. The molecule has 3 rings (SSSR count). The lowest BCUT2D eigenvalue weighted by molar-refractivity contribution is 0.511. The second-order valence-corrected chi connectivity index (χ2v) is 5.66. The third-order valence-electron chi connectivity index (χ3n) is 3.89. The number of anilines is 1. The van der Waals surface area contributed by atoms with E-state index in [2.05, 4.69) is 20.6 Å². The Labute approximate surface area is 140 Å². The van der Waals surface area contributed by atoms with Gasteiger partial charge in [0, 0.05) is 31.9 Å². The largest absolute Gasteiger partial charge is 0.467 e. The number of nitrogens with one attached hydrogen (secondary N) is 2. The monoisotopic (exact) mass is 331 g/mol. The van der Waals surface area contributed by atoms with Gasteiger partial charge < -0.3 is 20.0 Å². The van der Waals surface area contributed by atoms with E-state index in [0.717, 1.165) is 31.2 Å². The topological polar surface area (TPSA) is 65.7 Å². The molecule has 3 heterocycles. The number of hydrogen-bond acceptors (Lipinski definition) is 4. The summed E-state index contributed by atoms with van der Waals surface area (Å²) in [5, 5.41) is 6.63. The maximum atomic E-state index is 13.9. The summed E-state index contributed by atoms with van der Waals surface area (Å²) in [6.07, 6.45) is 4.16. The van der Waals surface area contributed by atoms with Gasteiger partial charge in [-0.1, -0.05) is 0 Å². The molecule has 0 radical (unpaired) electrons. The molecule has 0 aliphatic carbocycles. The Balaban J connectivity index is 1.60. The van der Waals surface area contributed by atoms with Crippen LogP contribution in [-0.4, -0.2) is 36.6 Å². The molecule has 1 aliphatic heterocycles. The first-order valence-electron chi connectivity index (χ1n) is 8.19. The Morgan fingerprint density at radius 2 is 2.38 bits per heavy atom. The Bertz CT molecular complexity index is 673. The summed E-state index contributed by atoms with van der Waals surface area (Å²) < 4.78 is 19.2. The Kier molecular flexibility index (Phi) is 5.30. The molecule has 2 aromatic rings. The molecule has 2 N–H and O–H groups in total. The van der Waals surface area contributed by atoms with E-state index >= 15 is 0 Å². The molecule has 1 aliphatic rings. The van der Waals surface area contributed by atoms with Crippen molar-refractivity contribution in [1.82, 2.24) is 15.6 Å². The van der Waals surface area contributed by atoms with Crippen molar-refractivity contribution in [2.24, 2.45) is 4.99 Å². The Morgan fingerprint density at radius 1 is 1.46 bits per heavy atom. The fourth-order valence-electron chi connectivity index (χ4n) is 2.75. The zero-order valence-corrected chi connectivity index (χ0v) is 13.7. The Morgan fingerprint density at radius 3 is 3.12 bits per heavy atom. The highest BCUT2D eigenvalue weighted by Gasteiger charge is 2.25. The van der Waals surface area contributed by atoms with Gasteiger partial charge in [-0.15, -0.1) is 0 Å². The smallest absolute Gasteiger partial charge is 0.191 e. The first-order chi connectivity index (χ1) is 11.8. The van der Waals surface area contributed by atoms with Crippen molar-refractivity contribution in [2.75, 3.05) is 24.5 Å². The molecule has 0 saturated carbocycles. The lowest BCUT2D eigenvalue weighted by atomic mass is 10.3. The third-order valence-corrected chi connectivity index (χ3v) is 3.89. The van der Waals surface area contributed by atoms with Crippen molar-refractivity contribution in [2.45, 2.75) is 25.9 Å². The first-order valence-corrected chi connectivity index (χ1v) is 8.19. The SMILES string of the molecule is CCNC(=NCc1ccco1)NC1CCN(c2ncccc2F)C1. The van der Waals surface area contributed by atoms with E-state index in [0.29, 0.717) is 18.9 Å². The van der Waals surface area contributed by atoms with Crippen LogP contribution in [0.1, 0.15) is 19.1 Å². The van der Waals surface area contributed by atoms with E-state index in [-0.39, 0.29) is 11.9 Å². The minimum absolute atomic E-state index is 0.195. The summed E-state index contributed by atoms with van der Waals surface area (Å²) in [6, 6.07) is 6.99. The molecule has 6 nitrogen and oxygen atoms in total. The average Bonchev–Trinajstić information content (AvgIpc) is 3.25. The highest BCUT2D eigenvalue weighted by molar-refractivity contribution is 5.80. The zero-order valence-electron chi connectivity index (χ0n) is 13.7. The number of nitrogens with zero attached hydrogens (tertiary/aromatic N) is 3. The summed E-state index contributed by atoms with van der Waals surface area (Å²) in [5.74, 6) is 1.69. The molecule has 0 aromatic carbocycles. The van der Waals surface area contributed by atoms with Gasteiger partial charge in [0.25, 0.3) is 0 Å². The molecule has 1 fully saturated rings. The van der Waals surface area contributed by atoms with Crippen molar-refractivity contribution < 1.29 is 8.81 Å². The van der Waals surface area contributed by atoms with E-state index in [1.165, 1.54) is 6.07 Å². The van der Waals surface area contributed by atoms with Crippen molar-refractivity contribution in [1.29, 1.82) is 0 Å². The van der Waals surface area contributed by atoms with Crippen LogP contribution in [0.5, 0.6) is 0 Å². The van der Waals surface area contributed by atoms with Gasteiger partial charge in [0.1, 0.15) is 12.3 Å². The van der Waals surface area contributed by atoms with Crippen LogP contribution in [0.3, 0.4) is 0 Å². The zero-order chi connectivity index (χ0) is 16.8. The van der Waals surface area contributed by atoms with Crippen LogP contribution in [-0.2, 0) is 6.54 Å². The van der Waals surface area contributed by atoms with Gasteiger partial charge >= 0.3 is 0 Å². The predicted molar refractivity (Wildman–Crippen MR) is 91.5 cm³/mol. The van der Waals surface area contributed by atoms with Gasteiger partial charge in [0.15, 0.2) is 17.6 Å². The molecule has 24 heavy (non-hydrogen) atoms. The lowest BCUT2D eigenvalue weighted by Gasteiger charge is -2.19. The van der Waals surface area contributed by atoms with Gasteiger partial charge in [-0.05, 0) is 37.6 Å². The van der Waals surface area contributed by atoms with E-state index in [9.17, 15) is 4.39 Å². The van der Waals surface area contributed by atoms with E-state index in [1.807, 2.05) is 24.0 Å². The van der Waals surface area contributed by atoms with Gasteiger partial charge in [-0.3, -0.25) is 0 Å². The second kappa shape index (κ2) is 7.81. The van der Waals surface area contributed by atoms with E-state index < -0.39 is 0 Å². The van der Waals surface area contributed by atoms with E-state index in [4.69, 9.17) is 4.42 Å². The van der Waals surface area contributed by atoms with Crippen LogP contribution < -0.4 is 15.5 Å². The van der Waals surface area contributed by atoms with Crippen molar-refractivity contribution in [3.63, 3.8) is 0 Å². The number of furan rings is 1. The van der Waals surface area contributed by atoms with E-state index in [1.54, 1.807) is 18.5 Å². The molecule has 1 saturated heterocycles. The molecule has 7 heteroatoms. The summed E-state index contributed by atoms with van der Waals surface area (Å²) in [7, 11) is 0. The molecule has 0 spiro atoms. The first kappa shape index (κ1) is 16.3. The standard InChI is InChI=1S/C17H22FN5O/c1-2-19-17(21-11-14-5-4-10-24-14)22-13-7-9-23(12-13)16-15(18)6-3-8-20-16/h3-6,8,10,13H,2,7,9,11-12H2,1H3,(H2,19,21,22). The lowest BCUT2D eigenvalue weighted by Crippen LogP contribution is -2.44. The van der Waals surface area contributed by atoms with Crippen molar-refractivity contribution in [3.05, 3.63) is 48.3 Å². The third kappa shape index (κ3) is 4.04. The number of pyridine rings is 1. The normalized spacial score (nSPS) is 18.0. The average molecular weight is 331 g/mol. The van der Waals surface area contributed by atoms with Gasteiger partial charge in [-0.2, -0.15) is 0 Å². The summed E-state index contributed by atoms with van der Waals surface area (Å²) in [6.45, 7) is 4.74. The van der Waals surface area contributed by atoms with Gasteiger partial charge in [0.2, 0.25) is 0 Å². The number of aromatic nitrogens is 1. The second-order valence-electron chi connectivity index (χ2n) is 5.66. The molecule has 1 atom stereocenters. The molecule has 128 valence electrons. The molecular formula is C17H22FN5O. The summed E-state index contributed by atoms with van der Waals surface area (Å²) in [5.41, 5.74) is 0. The Hall–Kier alpha value is -2.57. The maximum Gasteiger partial charge on any atom is 0.191 e. The molecular weight excluding hydrogens is 309 g/mol. The van der Waals surface area contributed by atoms with Gasteiger partial charge in [0.05, 0.1) is 6.26 Å². The summed E-state index contributed by atoms with van der Waals surface area (Å²) >= 11 is 0. The molecule has 1 unspecified atom stereocenters. The number of hydrogen-bond donors (Lipinski definition) is 2. The molecule has 0 amide bonds. The van der Waals surface area contributed by atoms with Crippen molar-refractivity contribution >= 4 is 11.8 Å². The van der Waals surface area contributed by atoms with Gasteiger partial charge in [-0.25, -0.2) is 14.4 Å². The minimum atomic E-state index is -0.281. The fraction of sp³-hybridized carbons (Fsp3) is 0.412. The van der Waals surface area contributed by atoms with Crippen LogP contribution in [0.25, 0.3) is 0 Å². The fourth-order valence-corrected chi connectivity index (χ4v) is 2.75. The quantitative estimate of drug-likeness (QED) is 0.649. The van der Waals surface area contributed by atoms with Crippen LogP contribution in [0.2, 0.25) is 0 Å². The minimum Gasteiger partial charge on any atom is -0.467 e. The molecule has 0 bridgehead atoms. The highest BCUT2D eigenvalue weighted by Crippen LogP contribution is 2.20. The van der Waals surface area contributed by atoms with Crippen LogP contribution >= 0.6 is 0 Å². The molecule has 2 aromatic heterocycles. The highest BCUT2D eigenvalue weighted by atomic mass is 19.1. The van der Waals surface area contributed by atoms with Crippen LogP contribution in [0, 0.1) is 5.82 Å².